The van der Waals surface area contributed by atoms with Crippen molar-refractivity contribution in [2.45, 2.75) is 69.5 Å². The molecule has 0 bridgehead atoms. The molecule has 0 atom stereocenters. The lowest BCUT2D eigenvalue weighted by Gasteiger charge is -2.43. The molecule has 21 heavy (non-hydrogen) atoms. The zero-order valence-electron chi connectivity index (χ0n) is 13.6. The lowest BCUT2D eigenvalue weighted by atomic mass is 9.80. The van der Waals surface area contributed by atoms with Crippen molar-refractivity contribution in [1.82, 2.24) is 4.72 Å². The molecule has 1 heterocycles. The van der Waals surface area contributed by atoms with E-state index in [9.17, 15) is 8.42 Å². The van der Waals surface area contributed by atoms with Crippen LogP contribution in [-0.4, -0.2) is 25.5 Å². The summed E-state index contributed by atoms with van der Waals surface area (Å²) in [5.74, 6) is 0. The van der Waals surface area contributed by atoms with Crippen molar-refractivity contribution in [3.8, 4) is 0 Å². The van der Waals surface area contributed by atoms with E-state index >= 15 is 0 Å². The smallest absolute Gasteiger partial charge is 0.240 e. The molecule has 1 aliphatic heterocycles. The van der Waals surface area contributed by atoms with Crippen molar-refractivity contribution in [2.24, 2.45) is 0 Å². The minimum absolute atomic E-state index is 0.0219. The lowest BCUT2D eigenvalue weighted by molar-refractivity contribution is -0.787. The zero-order valence-corrected chi connectivity index (χ0v) is 14.4. The number of nitrogens with one attached hydrogen (secondary N) is 1. The molecular weight excluding hydrogens is 284 g/mol. The topological polar surface area (TPSA) is 62.8 Å². The Bertz CT molecular complexity index is 588. The molecule has 4 nitrogen and oxygen atoms in total. The van der Waals surface area contributed by atoms with Crippen LogP contribution in [0.3, 0.4) is 0 Å². The van der Waals surface area contributed by atoms with Gasteiger partial charge in [-0.05, 0) is 46.8 Å². The van der Waals surface area contributed by atoms with Gasteiger partial charge in [0.25, 0.3) is 0 Å². The predicted octanol–water partition coefficient (Wildman–Crippen LogP) is 1.56. The first kappa shape index (κ1) is 16.5. The fourth-order valence-electron chi connectivity index (χ4n) is 3.61. The minimum atomic E-state index is -3.44. The second-order valence-electron chi connectivity index (χ2n) is 7.66. The standard InChI is InChI=1S/C16H26N2O2S/c1-12-6-8-14(9-7-12)21(19,20)17-13-10-15(2,3)18-16(4,5)11-13/h6-9,13,17-18H,10-11H2,1-5H3/p+1. The van der Waals surface area contributed by atoms with Gasteiger partial charge >= 0.3 is 0 Å². The fourth-order valence-corrected chi connectivity index (χ4v) is 4.84. The van der Waals surface area contributed by atoms with Crippen molar-refractivity contribution in [1.29, 1.82) is 0 Å². The molecule has 5 heteroatoms. The molecule has 3 N–H and O–H groups in total. The third-order valence-corrected chi connectivity index (χ3v) is 5.52. The van der Waals surface area contributed by atoms with Crippen LogP contribution in [0.4, 0.5) is 0 Å². The van der Waals surface area contributed by atoms with Crippen LogP contribution in [0.15, 0.2) is 29.2 Å². The quantitative estimate of drug-likeness (QED) is 0.890. The molecule has 1 aromatic carbocycles. The van der Waals surface area contributed by atoms with Gasteiger partial charge in [0.2, 0.25) is 10.0 Å². The first-order chi connectivity index (χ1) is 9.49. The van der Waals surface area contributed by atoms with E-state index in [2.05, 4.69) is 37.7 Å². The molecule has 0 radical (unpaired) electrons. The van der Waals surface area contributed by atoms with Gasteiger partial charge in [-0.25, -0.2) is 13.1 Å². The Kier molecular flexibility index (Phi) is 4.21. The van der Waals surface area contributed by atoms with Crippen molar-refractivity contribution in [3.63, 3.8) is 0 Å². The van der Waals surface area contributed by atoms with Crippen LogP contribution in [0.1, 0.15) is 46.1 Å². The van der Waals surface area contributed by atoms with Crippen molar-refractivity contribution >= 4 is 10.0 Å². The van der Waals surface area contributed by atoms with E-state index < -0.39 is 10.0 Å². The molecular formula is C16H27N2O2S+. The van der Waals surface area contributed by atoms with Crippen molar-refractivity contribution < 1.29 is 13.7 Å². The predicted molar refractivity (Wildman–Crippen MR) is 84.6 cm³/mol. The highest BCUT2D eigenvalue weighted by molar-refractivity contribution is 7.89. The van der Waals surface area contributed by atoms with Crippen LogP contribution in [0.2, 0.25) is 0 Å². The molecule has 118 valence electrons. The molecule has 0 spiro atoms. The first-order valence-corrected chi connectivity index (χ1v) is 8.94. The Morgan fingerprint density at radius 2 is 1.52 bits per heavy atom. The van der Waals surface area contributed by atoms with E-state index in [1.54, 1.807) is 12.1 Å². The third-order valence-electron chi connectivity index (χ3n) is 3.98. The van der Waals surface area contributed by atoms with Crippen LogP contribution < -0.4 is 10.0 Å². The summed E-state index contributed by atoms with van der Waals surface area (Å²) in [6.07, 6.45) is 1.67. The summed E-state index contributed by atoms with van der Waals surface area (Å²) in [6.45, 7) is 10.6. The zero-order chi connectivity index (χ0) is 15.9. The summed E-state index contributed by atoms with van der Waals surface area (Å²) < 4.78 is 27.9. The maximum Gasteiger partial charge on any atom is 0.240 e. The number of hydrogen-bond donors (Lipinski definition) is 2. The van der Waals surface area contributed by atoms with Gasteiger partial charge in [-0.2, -0.15) is 0 Å². The van der Waals surface area contributed by atoms with Gasteiger partial charge in [0.05, 0.1) is 16.0 Å². The van der Waals surface area contributed by atoms with Gasteiger partial charge in [-0.15, -0.1) is 0 Å². The van der Waals surface area contributed by atoms with Crippen LogP contribution >= 0.6 is 0 Å². The minimum Gasteiger partial charge on any atom is -0.337 e. The number of nitrogens with two attached hydrogens (primary N) is 1. The molecule has 0 saturated carbocycles. The summed E-state index contributed by atoms with van der Waals surface area (Å²) in [4.78, 5) is 0.346. The van der Waals surface area contributed by atoms with Gasteiger partial charge in [-0.3, -0.25) is 0 Å². The van der Waals surface area contributed by atoms with Crippen LogP contribution in [0.25, 0.3) is 0 Å². The molecule has 0 aliphatic carbocycles. The maximum absolute atomic E-state index is 12.5. The maximum atomic E-state index is 12.5. The van der Waals surface area contributed by atoms with E-state index in [1.165, 1.54) is 0 Å². The van der Waals surface area contributed by atoms with Gasteiger partial charge < -0.3 is 5.32 Å². The van der Waals surface area contributed by atoms with E-state index in [-0.39, 0.29) is 17.1 Å². The number of benzene rings is 1. The Hall–Kier alpha value is -0.910. The van der Waals surface area contributed by atoms with Gasteiger partial charge in [0.15, 0.2) is 0 Å². The fraction of sp³-hybridized carbons (Fsp3) is 0.625. The molecule has 0 amide bonds. The highest BCUT2D eigenvalue weighted by Crippen LogP contribution is 2.23. The van der Waals surface area contributed by atoms with Gasteiger partial charge in [0.1, 0.15) is 0 Å². The van der Waals surface area contributed by atoms with Gasteiger partial charge in [-0.1, -0.05) is 17.7 Å². The van der Waals surface area contributed by atoms with Crippen molar-refractivity contribution in [3.05, 3.63) is 29.8 Å². The monoisotopic (exact) mass is 311 g/mol. The second kappa shape index (κ2) is 5.38. The second-order valence-corrected chi connectivity index (χ2v) is 9.37. The van der Waals surface area contributed by atoms with Gasteiger partial charge in [0, 0.05) is 18.9 Å². The molecule has 1 aliphatic rings. The van der Waals surface area contributed by atoms with Crippen LogP contribution in [-0.2, 0) is 10.0 Å². The molecule has 1 aromatic rings. The van der Waals surface area contributed by atoms with Crippen molar-refractivity contribution in [2.75, 3.05) is 0 Å². The Labute approximate surface area is 128 Å². The lowest BCUT2D eigenvalue weighted by Crippen LogP contribution is -3.06. The van der Waals surface area contributed by atoms with E-state index in [0.717, 1.165) is 18.4 Å². The SMILES string of the molecule is Cc1ccc(S(=O)(=O)NC2CC(C)(C)[NH2+]C(C)(C)C2)cc1. The summed E-state index contributed by atoms with van der Waals surface area (Å²) >= 11 is 0. The highest BCUT2D eigenvalue weighted by atomic mass is 32.2. The summed E-state index contributed by atoms with van der Waals surface area (Å²) in [7, 11) is -3.44. The summed E-state index contributed by atoms with van der Waals surface area (Å²) in [6, 6.07) is 6.98. The number of rotatable bonds is 3. The normalized spacial score (nSPS) is 22.1. The summed E-state index contributed by atoms with van der Waals surface area (Å²) in [5, 5.41) is 2.34. The largest absolute Gasteiger partial charge is 0.337 e. The average molecular weight is 311 g/mol. The third kappa shape index (κ3) is 4.28. The number of sulfonamides is 1. The Morgan fingerprint density at radius 1 is 1.05 bits per heavy atom. The Balaban J connectivity index is 2.18. The van der Waals surface area contributed by atoms with Crippen LogP contribution in [0, 0.1) is 6.92 Å². The molecule has 0 aromatic heterocycles. The highest BCUT2D eigenvalue weighted by Gasteiger charge is 2.42. The van der Waals surface area contributed by atoms with E-state index in [0.29, 0.717) is 4.90 Å². The van der Waals surface area contributed by atoms with Crippen LogP contribution in [0.5, 0.6) is 0 Å². The number of piperidine rings is 1. The molecule has 1 saturated heterocycles. The number of aryl methyl sites for hydroxylation is 1. The Morgan fingerprint density at radius 3 is 2.00 bits per heavy atom. The molecule has 0 unspecified atom stereocenters. The summed E-state index contributed by atoms with van der Waals surface area (Å²) in [5.41, 5.74) is 1.15. The first-order valence-electron chi connectivity index (χ1n) is 7.45. The molecule has 1 fully saturated rings. The number of quaternary nitrogens is 1. The van der Waals surface area contributed by atoms with E-state index in [4.69, 9.17) is 0 Å². The molecule has 2 rings (SSSR count). The average Bonchev–Trinajstić information content (AvgIpc) is 2.23. The number of hydrogen-bond acceptors (Lipinski definition) is 2. The van der Waals surface area contributed by atoms with E-state index in [1.807, 2.05) is 19.1 Å².